The first kappa shape index (κ1) is 17.0. The van der Waals surface area contributed by atoms with Crippen molar-refractivity contribution in [1.29, 1.82) is 0 Å². The standard InChI is InChI=1S/C23H23NO/c1-17-11-13-19(14-12-17)22(24-21-10-6-7-18(2)15-21)16-23(25)20-8-4-3-5-9-20/h3-15,22,24H,16H2,1-2H3. The van der Waals surface area contributed by atoms with E-state index in [0.29, 0.717) is 6.42 Å². The highest BCUT2D eigenvalue weighted by Crippen LogP contribution is 2.25. The van der Waals surface area contributed by atoms with Gasteiger partial charge < -0.3 is 5.32 Å². The average Bonchev–Trinajstić information content (AvgIpc) is 2.62. The van der Waals surface area contributed by atoms with Gasteiger partial charge in [-0.05, 0) is 37.1 Å². The highest BCUT2D eigenvalue weighted by atomic mass is 16.1. The van der Waals surface area contributed by atoms with Crippen LogP contribution >= 0.6 is 0 Å². The fraction of sp³-hybridized carbons (Fsp3) is 0.174. The number of Topliss-reactive ketones (excluding diaryl/α,β-unsaturated/α-hetero) is 1. The molecule has 0 aromatic heterocycles. The molecule has 0 aliphatic carbocycles. The van der Waals surface area contributed by atoms with Crippen molar-refractivity contribution in [1.82, 2.24) is 0 Å². The molecule has 0 spiro atoms. The van der Waals surface area contributed by atoms with Crippen molar-refractivity contribution in [2.45, 2.75) is 26.3 Å². The third-order valence-electron chi connectivity index (χ3n) is 4.32. The van der Waals surface area contributed by atoms with Crippen LogP contribution in [-0.2, 0) is 0 Å². The summed E-state index contributed by atoms with van der Waals surface area (Å²) in [6, 6.07) is 26.1. The normalized spacial score (nSPS) is 11.8. The first-order chi connectivity index (χ1) is 12.1. The highest BCUT2D eigenvalue weighted by molar-refractivity contribution is 5.96. The molecule has 25 heavy (non-hydrogen) atoms. The maximum Gasteiger partial charge on any atom is 0.165 e. The number of aryl methyl sites for hydroxylation is 2. The zero-order chi connectivity index (χ0) is 17.6. The van der Waals surface area contributed by atoms with E-state index in [2.05, 4.69) is 55.6 Å². The van der Waals surface area contributed by atoms with E-state index in [-0.39, 0.29) is 11.8 Å². The van der Waals surface area contributed by atoms with E-state index in [4.69, 9.17) is 0 Å². The molecular formula is C23H23NO. The Bertz CT molecular complexity index is 837. The molecule has 1 N–H and O–H groups in total. The minimum atomic E-state index is -0.0601. The van der Waals surface area contributed by atoms with Gasteiger partial charge in [-0.3, -0.25) is 4.79 Å². The topological polar surface area (TPSA) is 29.1 Å². The van der Waals surface area contributed by atoms with E-state index in [0.717, 1.165) is 16.8 Å². The molecule has 126 valence electrons. The van der Waals surface area contributed by atoms with Crippen molar-refractivity contribution in [3.05, 3.63) is 101 Å². The van der Waals surface area contributed by atoms with Gasteiger partial charge in [0.15, 0.2) is 5.78 Å². The van der Waals surface area contributed by atoms with E-state index in [9.17, 15) is 4.79 Å². The maximum atomic E-state index is 12.7. The van der Waals surface area contributed by atoms with Crippen molar-refractivity contribution in [2.75, 3.05) is 5.32 Å². The molecule has 0 amide bonds. The van der Waals surface area contributed by atoms with Gasteiger partial charge in [-0.25, -0.2) is 0 Å². The summed E-state index contributed by atoms with van der Waals surface area (Å²) in [5.41, 5.74) is 5.32. The number of rotatable bonds is 6. The van der Waals surface area contributed by atoms with Crippen LogP contribution in [0.5, 0.6) is 0 Å². The molecule has 0 radical (unpaired) electrons. The van der Waals surface area contributed by atoms with E-state index in [1.165, 1.54) is 11.1 Å². The number of anilines is 1. The summed E-state index contributed by atoms with van der Waals surface area (Å²) in [5.74, 6) is 0.145. The van der Waals surface area contributed by atoms with Crippen molar-refractivity contribution in [2.24, 2.45) is 0 Å². The van der Waals surface area contributed by atoms with E-state index < -0.39 is 0 Å². The second-order valence-corrected chi connectivity index (χ2v) is 6.47. The first-order valence-electron chi connectivity index (χ1n) is 8.60. The summed E-state index contributed by atoms with van der Waals surface area (Å²) in [6.45, 7) is 4.14. The Hall–Kier alpha value is -2.87. The van der Waals surface area contributed by atoms with Gasteiger partial charge in [0.2, 0.25) is 0 Å². The van der Waals surface area contributed by atoms with Crippen LogP contribution in [0.25, 0.3) is 0 Å². The molecule has 3 aromatic rings. The van der Waals surface area contributed by atoms with Crippen LogP contribution < -0.4 is 5.32 Å². The summed E-state index contributed by atoms with van der Waals surface area (Å²) in [6.07, 6.45) is 0.418. The van der Waals surface area contributed by atoms with Gasteiger partial charge in [0.25, 0.3) is 0 Å². The molecule has 0 aliphatic heterocycles. The van der Waals surface area contributed by atoms with Crippen LogP contribution in [0.3, 0.4) is 0 Å². The molecule has 1 unspecified atom stereocenters. The van der Waals surface area contributed by atoms with Crippen LogP contribution in [0.15, 0.2) is 78.9 Å². The Morgan fingerprint density at radius 2 is 1.56 bits per heavy atom. The van der Waals surface area contributed by atoms with Crippen LogP contribution in [-0.4, -0.2) is 5.78 Å². The number of nitrogens with one attached hydrogen (secondary N) is 1. The lowest BCUT2D eigenvalue weighted by Crippen LogP contribution is -2.16. The summed E-state index contributed by atoms with van der Waals surface area (Å²) in [4.78, 5) is 12.7. The Labute approximate surface area is 149 Å². The Morgan fingerprint density at radius 1 is 0.840 bits per heavy atom. The molecule has 2 heteroatoms. The third-order valence-corrected chi connectivity index (χ3v) is 4.32. The molecule has 1 atom stereocenters. The third kappa shape index (κ3) is 4.57. The molecule has 2 nitrogen and oxygen atoms in total. The largest absolute Gasteiger partial charge is 0.378 e. The molecule has 0 saturated heterocycles. The van der Waals surface area contributed by atoms with Gasteiger partial charge in [0.05, 0.1) is 6.04 Å². The maximum absolute atomic E-state index is 12.7. The predicted molar refractivity (Wildman–Crippen MR) is 104 cm³/mol. The zero-order valence-electron chi connectivity index (χ0n) is 14.7. The number of hydrogen-bond acceptors (Lipinski definition) is 2. The number of carbonyl (C=O) groups excluding carboxylic acids is 1. The molecule has 3 rings (SSSR count). The molecule has 0 bridgehead atoms. The summed E-state index contributed by atoms with van der Waals surface area (Å²) in [5, 5.41) is 3.54. The molecule has 3 aromatic carbocycles. The van der Waals surface area contributed by atoms with E-state index in [1.807, 2.05) is 42.5 Å². The minimum Gasteiger partial charge on any atom is -0.378 e. The van der Waals surface area contributed by atoms with Crippen molar-refractivity contribution < 1.29 is 4.79 Å². The Kier molecular flexibility index (Phi) is 5.30. The number of ketones is 1. The molecule has 0 saturated carbocycles. The van der Waals surface area contributed by atoms with Crippen molar-refractivity contribution in [3.8, 4) is 0 Å². The van der Waals surface area contributed by atoms with E-state index >= 15 is 0 Å². The summed E-state index contributed by atoms with van der Waals surface area (Å²) in [7, 11) is 0. The number of carbonyl (C=O) groups is 1. The van der Waals surface area contributed by atoms with Gasteiger partial charge >= 0.3 is 0 Å². The van der Waals surface area contributed by atoms with Crippen molar-refractivity contribution >= 4 is 11.5 Å². The van der Waals surface area contributed by atoms with Gasteiger partial charge in [-0.15, -0.1) is 0 Å². The van der Waals surface area contributed by atoms with Gasteiger partial charge in [-0.1, -0.05) is 72.3 Å². The van der Waals surface area contributed by atoms with Crippen LogP contribution in [0, 0.1) is 13.8 Å². The summed E-state index contributed by atoms with van der Waals surface area (Å²) < 4.78 is 0. The Morgan fingerprint density at radius 3 is 2.24 bits per heavy atom. The lowest BCUT2D eigenvalue weighted by Gasteiger charge is -2.20. The highest BCUT2D eigenvalue weighted by Gasteiger charge is 2.17. The second kappa shape index (κ2) is 7.80. The Balaban J connectivity index is 1.86. The zero-order valence-corrected chi connectivity index (χ0v) is 14.7. The molecule has 0 aliphatic rings. The lowest BCUT2D eigenvalue weighted by atomic mass is 9.97. The predicted octanol–water partition coefficient (Wildman–Crippen LogP) is 5.73. The first-order valence-corrected chi connectivity index (χ1v) is 8.60. The van der Waals surface area contributed by atoms with Crippen LogP contribution in [0.1, 0.15) is 39.5 Å². The van der Waals surface area contributed by atoms with Gasteiger partial charge in [0.1, 0.15) is 0 Å². The van der Waals surface area contributed by atoms with Gasteiger partial charge in [0, 0.05) is 17.7 Å². The van der Waals surface area contributed by atoms with Crippen LogP contribution in [0.2, 0.25) is 0 Å². The lowest BCUT2D eigenvalue weighted by molar-refractivity contribution is 0.0976. The molecular weight excluding hydrogens is 306 g/mol. The van der Waals surface area contributed by atoms with Gasteiger partial charge in [-0.2, -0.15) is 0 Å². The summed E-state index contributed by atoms with van der Waals surface area (Å²) >= 11 is 0. The van der Waals surface area contributed by atoms with E-state index in [1.54, 1.807) is 0 Å². The minimum absolute atomic E-state index is 0.0601. The van der Waals surface area contributed by atoms with Crippen molar-refractivity contribution in [3.63, 3.8) is 0 Å². The van der Waals surface area contributed by atoms with Crippen LogP contribution in [0.4, 0.5) is 5.69 Å². The SMILES string of the molecule is Cc1ccc(C(CC(=O)c2ccccc2)Nc2cccc(C)c2)cc1. The fourth-order valence-electron chi connectivity index (χ4n) is 2.91. The monoisotopic (exact) mass is 329 g/mol. The number of hydrogen-bond donors (Lipinski definition) is 1. The smallest absolute Gasteiger partial charge is 0.165 e. The quantitative estimate of drug-likeness (QED) is 0.585. The molecule has 0 fully saturated rings. The second-order valence-electron chi connectivity index (χ2n) is 6.47. The fourth-order valence-corrected chi connectivity index (χ4v) is 2.91. The molecule has 0 heterocycles. The number of benzene rings is 3. The average molecular weight is 329 g/mol.